The van der Waals surface area contributed by atoms with Crippen LogP contribution < -0.4 is 0 Å². The normalized spacial score (nSPS) is 45.0. The lowest BCUT2D eigenvalue weighted by Gasteiger charge is -2.58. The van der Waals surface area contributed by atoms with E-state index in [2.05, 4.69) is 40.7 Å². The second-order valence-electron chi connectivity index (χ2n) is 12.0. The molecule has 0 aromatic heterocycles. The van der Waals surface area contributed by atoms with Gasteiger partial charge in [-0.3, -0.25) is 0 Å². The van der Waals surface area contributed by atoms with Gasteiger partial charge in [0.05, 0.1) is 0 Å². The van der Waals surface area contributed by atoms with Gasteiger partial charge < -0.3 is 0 Å². The number of hydrogen-bond donors (Lipinski definition) is 0. The van der Waals surface area contributed by atoms with Gasteiger partial charge in [0, 0.05) is 0 Å². The van der Waals surface area contributed by atoms with Crippen LogP contribution in [0.1, 0.15) is 112 Å². The monoisotopic (exact) mass is 370 g/mol. The van der Waals surface area contributed by atoms with Gasteiger partial charge in [-0.2, -0.15) is 0 Å². The molecule has 0 saturated heterocycles. The van der Waals surface area contributed by atoms with Gasteiger partial charge in [-0.05, 0) is 97.7 Å². The van der Waals surface area contributed by atoms with Crippen molar-refractivity contribution in [2.45, 2.75) is 112 Å². The minimum atomic E-state index is 0.573. The van der Waals surface area contributed by atoms with Gasteiger partial charge in [-0.1, -0.05) is 72.0 Å². The molecule has 1 unspecified atom stereocenters. The second kappa shape index (κ2) is 7.53. The molecule has 4 aliphatic carbocycles. The Morgan fingerprint density at radius 2 is 1.78 bits per heavy atom. The molecule has 0 nitrogen and oxygen atoms in total. The van der Waals surface area contributed by atoms with E-state index in [9.17, 15) is 0 Å². The van der Waals surface area contributed by atoms with E-state index < -0.39 is 0 Å². The Morgan fingerprint density at radius 1 is 0.963 bits per heavy atom. The van der Waals surface area contributed by atoms with Crippen molar-refractivity contribution in [3.8, 4) is 0 Å². The Hall–Kier alpha value is -0.260. The van der Waals surface area contributed by atoms with Crippen molar-refractivity contribution in [2.24, 2.45) is 46.3 Å². The van der Waals surface area contributed by atoms with Crippen LogP contribution >= 0.6 is 0 Å². The van der Waals surface area contributed by atoms with Gasteiger partial charge in [-0.25, -0.2) is 0 Å². The summed E-state index contributed by atoms with van der Waals surface area (Å²) in [6, 6.07) is 0. The molecule has 0 heteroatoms. The average molecular weight is 371 g/mol. The van der Waals surface area contributed by atoms with Gasteiger partial charge in [-0.15, -0.1) is 0 Å². The molecule has 0 bridgehead atoms. The molecule has 7 atom stereocenters. The molecule has 0 aromatic rings. The molecule has 154 valence electrons. The van der Waals surface area contributed by atoms with Crippen LogP contribution in [-0.4, -0.2) is 0 Å². The van der Waals surface area contributed by atoms with E-state index in [0.717, 1.165) is 35.5 Å². The topological polar surface area (TPSA) is 0 Å². The minimum absolute atomic E-state index is 0.573. The molecule has 0 aromatic carbocycles. The Balaban J connectivity index is 1.49. The highest BCUT2D eigenvalue weighted by molar-refractivity contribution is 5.24. The van der Waals surface area contributed by atoms with Crippen molar-refractivity contribution < 1.29 is 0 Å². The van der Waals surface area contributed by atoms with Crippen molar-refractivity contribution >= 4 is 0 Å². The highest BCUT2D eigenvalue weighted by atomic mass is 14.6. The molecular formula is C27H46. The first-order chi connectivity index (χ1) is 12.9. The summed E-state index contributed by atoms with van der Waals surface area (Å²) in [5.74, 6) is 5.84. The number of hydrogen-bond acceptors (Lipinski definition) is 0. The van der Waals surface area contributed by atoms with E-state index >= 15 is 0 Å². The molecule has 3 saturated carbocycles. The molecule has 0 heterocycles. The lowest BCUT2D eigenvalue weighted by molar-refractivity contribution is -0.0500. The standard InChI is InChI=1S/C27H46/c1-19(2)9-8-10-20(3)23-14-15-24-22-13-12-21-11-6-7-17-26(21,4)25(22)16-18-27(23,24)5/h12,19-20,22-25H,6-11,13-18H2,1-5H3/t20?,22-,23+,24-,25-,26-,27+/m0/s1. The predicted molar refractivity (Wildman–Crippen MR) is 118 cm³/mol. The zero-order chi connectivity index (χ0) is 19.2. The summed E-state index contributed by atoms with van der Waals surface area (Å²) in [6.45, 7) is 12.8. The fraction of sp³-hybridized carbons (Fsp3) is 0.926. The highest BCUT2D eigenvalue weighted by Gasteiger charge is 2.58. The van der Waals surface area contributed by atoms with Crippen LogP contribution in [0.2, 0.25) is 0 Å². The molecular weight excluding hydrogens is 324 g/mol. The summed E-state index contributed by atoms with van der Waals surface area (Å²) in [6.07, 6.45) is 20.5. The van der Waals surface area contributed by atoms with Crippen molar-refractivity contribution in [1.82, 2.24) is 0 Å². The van der Waals surface area contributed by atoms with Crippen LogP contribution in [0.25, 0.3) is 0 Å². The summed E-state index contributed by atoms with van der Waals surface area (Å²) in [5.41, 5.74) is 3.09. The smallest absolute Gasteiger partial charge is 0.00853 e. The summed E-state index contributed by atoms with van der Waals surface area (Å²) < 4.78 is 0. The first-order valence-corrected chi connectivity index (χ1v) is 12.6. The van der Waals surface area contributed by atoms with Crippen LogP contribution in [0.15, 0.2) is 11.6 Å². The summed E-state index contributed by atoms with van der Waals surface area (Å²) >= 11 is 0. The molecule has 27 heavy (non-hydrogen) atoms. The van der Waals surface area contributed by atoms with Crippen LogP contribution in [0, 0.1) is 46.3 Å². The third kappa shape index (κ3) is 3.36. The Labute approximate surface area is 170 Å². The predicted octanol–water partition coefficient (Wildman–Crippen LogP) is 8.42. The number of allylic oxidation sites excluding steroid dienone is 2. The van der Waals surface area contributed by atoms with Crippen LogP contribution in [0.3, 0.4) is 0 Å². The van der Waals surface area contributed by atoms with Gasteiger partial charge in [0.25, 0.3) is 0 Å². The summed E-state index contributed by atoms with van der Waals surface area (Å²) in [7, 11) is 0. The van der Waals surface area contributed by atoms with E-state index in [1.165, 1.54) is 77.0 Å². The zero-order valence-electron chi connectivity index (χ0n) is 19.0. The number of rotatable bonds is 5. The second-order valence-corrected chi connectivity index (χ2v) is 12.0. The fourth-order valence-corrected chi connectivity index (χ4v) is 8.72. The van der Waals surface area contributed by atoms with Crippen molar-refractivity contribution in [1.29, 1.82) is 0 Å². The maximum atomic E-state index is 2.74. The first kappa shape index (κ1) is 20.0. The van der Waals surface area contributed by atoms with E-state index in [1.807, 2.05) is 5.57 Å². The Kier molecular flexibility index (Phi) is 5.59. The highest BCUT2D eigenvalue weighted by Crippen LogP contribution is 2.67. The van der Waals surface area contributed by atoms with Crippen LogP contribution in [0.4, 0.5) is 0 Å². The zero-order valence-corrected chi connectivity index (χ0v) is 19.0. The van der Waals surface area contributed by atoms with E-state index in [-0.39, 0.29) is 0 Å². The van der Waals surface area contributed by atoms with E-state index in [4.69, 9.17) is 0 Å². The molecule has 0 N–H and O–H groups in total. The average Bonchev–Trinajstić information content (AvgIpc) is 2.98. The van der Waals surface area contributed by atoms with Crippen LogP contribution in [-0.2, 0) is 0 Å². The Morgan fingerprint density at radius 3 is 2.56 bits per heavy atom. The van der Waals surface area contributed by atoms with Crippen molar-refractivity contribution in [2.75, 3.05) is 0 Å². The molecule has 3 fully saturated rings. The van der Waals surface area contributed by atoms with Crippen LogP contribution in [0.5, 0.6) is 0 Å². The maximum Gasteiger partial charge on any atom is -0.00853 e. The quantitative estimate of drug-likeness (QED) is 0.426. The maximum absolute atomic E-state index is 2.74. The van der Waals surface area contributed by atoms with Gasteiger partial charge in [0.1, 0.15) is 0 Å². The number of fused-ring (bicyclic) bond motifs is 5. The largest absolute Gasteiger partial charge is 0.0845 e. The van der Waals surface area contributed by atoms with E-state index in [0.29, 0.717) is 10.8 Å². The molecule has 4 rings (SSSR count). The lowest BCUT2D eigenvalue weighted by Crippen LogP contribution is -2.50. The van der Waals surface area contributed by atoms with Gasteiger partial charge in [0.2, 0.25) is 0 Å². The minimum Gasteiger partial charge on any atom is -0.0845 e. The molecule has 4 aliphatic rings. The molecule has 0 radical (unpaired) electrons. The third-order valence-electron chi connectivity index (χ3n) is 10.2. The van der Waals surface area contributed by atoms with Crippen molar-refractivity contribution in [3.63, 3.8) is 0 Å². The summed E-state index contributed by atoms with van der Waals surface area (Å²) in [5, 5.41) is 0. The molecule has 0 aliphatic heterocycles. The van der Waals surface area contributed by atoms with Crippen molar-refractivity contribution in [3.05, 3.63) is 11.6 Å². The third-order valence-corrected chi connectivity index (χ3v) is 10.2. The fourth-order valence-electron chi connectivity index (χ4n) is 8.72. The van der Waals surface area contributed by atoms with Gasteiger partial charge >= 0.3 is 0 Å². The summed E-state index contributed by atoms with van der Waals surface area (Å²) in [4.78, 5) is 0. The molecule has 0 amide bonds. The SMILES string of the molecule is CC(C)CCCC(C)[C@H]1CC[C@H]2[C@@H]3CC=C4CCCC[C@]4(C)[C@H]3CC[C@]12C. The first-order valence-electron chi connectivity index (χ1n) is 12.6. The molecule has 0 spiro atoms. The lowest BCUT2D eigenvalue weighted by atomic mass is 9.47. The van der Waals surface area contributed by atoms with Gasteiger partial charge in [0.15, 0.2) is 0 Å². The Bertz CT molecular complexity index is 556. The van der Waals surface area contributed by atoms with E-state index in [1.54, 1.807) is 0 Å².